The highest BCUT2D eigenvalue weighted by atomic mass is 16.2. The van der Waals surface area contributed by atoms with Crippen molar-refractivity contribution in [1.29, 1.82) is 0 Å². The van der Waals surface area contributed by atoms with Crippen LogP contribution in [0.2, 0.25) is 0 Å². The van der Waals surface area contributed by atoms with Gasteiger partial charge in [-0.1, -0.05) is 36.9 Å². The van der Waals surface area contributed by atoms with Gasteiger partial charge in [-0.15, -0.1) is 0 Å². The standard InChI is InChI=1S/C25H24N6O/c1-15-9-22(29-31(15)14-17-7-5-4-6-8-17)23-27-20-10-18-12-25(13-19(18)11-21(20)28-23)24(32)26-16(2)30(25)3/h4-11H,2,12-14H2,1,3H3,(H,26,32)(H,27,28). The normalized spacial score (nSPS) is 16.9. The second kappa shape index (κ2) is 6.56. The minimum absolute atomic E-state index is 0.0259. The van der Waals surface area contributed by atoms with Gasteiger partial charge in [-0.05, 0) is 41.8 Å². The molecule has 2 aliphatic rings. The summed E-state index contributed by atoms with van der Waals surface area (Å²) in [5.74, 6) is 1.45. The molecule has 2 N–H and O–H groups in total. The average Bonchev–Trinajstić information content (AvgIpc) is 3.50. The van der Waals surface area contributed by atoms with Crippen molar-refractivity contribution in [2.45, 2.75) is 31.8 Å². The fourth-order valence-corrected chi connectivity index (χ4v) is 4.97. The maximum Gasteiger partial charge on any atom is 0.252 e. The first kappa shape index (κ1) is 18.9. The Morgan fingerprint density at radius 2 is 1.88 bits per heavy atom. The van der Waals surface area contributed by atoms with E-state index < -0.39 is 5.54 Å². The molecule has 1 saturated heterocycles. The lowest BCUT2D eigenvalue weighted by Gasteiger charge is -2.29. The molecule has 3 heterocycles. The summed E-state index contributed by atoms with van der Waals surface area (Å²) in [5, 5.41) is 7.67. The molecule has 1 aliphatic heterocycles. The van der Waals surface area contributed by atoms with Crippen LogP contribution in [0.5, 0.6) is 0 Å². The first-order chi connectivity index (χ1) is 15.4. The molecule has 32 heavy (non-hydrogen) atoms. The largest absolute Gasteiger partial charge is 0.346 e. The van der Waals surface area contributed by atoms with Crippen molar-refractivity contribution in [3.05, 3.63) is 83.3 Å². The maximum atomic E-state index is 12.7. The van der Waals surface area contributed by atoms with E-state index in [9.17, 15) is 4.79 Å². The van der Waals surface area contributed by atoms with Crippen molar-refractivity contribution in [1.82, 2.24) is 30.0 Å². The van der Waals surface area contributed by atoms with Gasteiger partial charge < -0.3 is 15.2 Å². The zero-order valence-corrected chi connectivity index (χ0v) is 18.1. The smallest absolute Gasteiger partial charge is 0.252 e. The predicted molar refractivity (Wildman–Crippen MR) is 123 cm³/mol. The second-order valence-electron chi connectivity index (χ2n) is 8.88. The van der Waals surface area contributed by atoms with Crippen LogP contribution >= 0.6 is 0 Å². The van der Waals surface area contributed by atoms with E-state index >= 15 is 0 Å². The number of rotatable bonds is 3. The molecule has 7 heteroatoms. The van der Waals surface area contributed by atoms with Crippen LogP contribution in [-0.2, 0) is 24.2 Å². The molecule has 2 aromatic heterocycles. The van der Waals surface area contributed by atoms with E-state index in [1.165, 1.54) is 11.1 Å². The monoisotopic (exact) mass is 424 g/mol. The minimum atomic E-state index is -0.575. The summed E-state index contributed by atoms with van der Waals surface area (Å²) < 4.78 is 2.00. The van der Waals surface area contributed by atoms with E-state index in [-0.39, 0.29) is 5.91 Å². The number of nitrogens with one attached hydrogen (secondary N) is 2. The number of H-pyrrole nitrogens is 1. The van der Waals surface area contributed by atoms with E-state index in [1.807, 2.05) is 34.8 Å². The molecule has 7 nitrogen and oxygen atoms in total. The molecular weight excluding hydrogens is 400 g/mol. The van der Waals surface area contributed by atoms with Gasteiger partial charge in [-0.3, -0.25) is 9.48 Å². The van der Waals surface area contributed by atoms with Crippen LogP contribution in [0.25, 0.3) is 22.6 Å². The highest BCUT2D eigenvalue weighted by molar-refractivity contribution is 5.93. The van der Waals surface area contributed by atoms with Gasteiger partial charge >= 0.3 is 0 Å². The number of benzene rings is 2. The average molecular weight is 425 g/mol. The first-order valence-corrected chi connectivity index (χ1v) is 10.8. The quantitative estimate of drug-likeness (QED) is 0.530. The molecule has 1 atom stereocenters. The van der Waals surface area contributed by atoms with Gasteiger partial charge in [-0.25, -0.2) is 4.98 Å². The van der Waals surface area contributed by atoms with Gasteiger partial charge in [-0.2, -0.15) is 5.10 Å². The van der Waals surface area contributed by atoms with Gasteiger partial charge in [0.15, 0.2) is 5.82 Å². The third-order valence-electron chi connectivity index (χ3n) is 6.90. The van der Waals surface area contributed by atoms with E-state index in [1.54, 1.807) is 0 Å². The van der Waals surface area contributed by atoms with Crippen LogP contribution in [0.15, 0.2) is 60.9 Å². The van der Waals surface area contributed by atoms with Crippen molar-refractivity contribution >= 4 is 16.9 Å². The SMILES string of the molecule is C=C1NC(=O)C2(Cc3cc4nc(-c5cc(C)n(Cc6ccccc6)n5)[nH]c4cc3C2)N1C. The number of fused-ring (bicyclic) bond motifs is 2. The second-order valence-corrected chi connectivity index (χ2v) is 8.88. The number of nitrogens with zero attached hydrogens (tertiary/aromatic N) is 4. The van der Waals surface area contributed by atoms with Gasteiger partial charge in [0.2, 0.25) is 0 Å². The van der Waals surface area contributed by atoms with E-state index in [0.29, 0.717) is 18.7 Å². The molecule has 4 aromatic rings. The summed E-state index contributed by atoms with van der Waals surface area (Å²) in [6.45, 7) is 6.75. The molecule has 1 aliphatic carbocycles. The number of aromatic nitrogens is 4. The number of aromatic amines is 1. The van der Waals surface area contributed by atoms with Gasteiger partial charge in [0.05, 0.1) is 17.6 Å². The summed E-state index contributed by atoms with van der Waals surface area (Å²) >= 11 is 0. The Balaban J connectivity index is 1.32. The van der Waals surface area contributed by atoms with Gasteiger partial charge in [0.1, 0.15) is 17.1 Å². The summed E-state index contributed by atoms with van der Waals surface area (Å²) in [7, 11) is 1.93. The van der Waals surface area contributed by atoms with Crippen molar-refractivity contribution in [2.75, 3.05) is 7.05 Å². The van der Waals surface area contributed by atoms with Crippen LogP contribution in [0.4, 0.5) is 0 Å². The number of likely N-dealkylation sites (N-methyl/N-ethyl adjacent to an activating group) is 1. The van der Waals surface area contributed by atoms with E-state index in [2.05, 4.69) is 54.1 Å². The summed E-state index contributed by atoms with van der Waals surface area (Å²) in [6, 6.07) is 16.6. The fourth-order valence-electron chi connectivity index (χ4n) is 4.97. The summed E-state index contributed by atoms with van der Waals surface area (Å²) in [4.78, 5) is 22.9. The topological polar surface area (TPSA) is 78.8 Å². The number of aryl methyl sites for hydroxylation is 1. The molecule has 1 fully saturated rings. The molecule has 1 amide bonds. The van der Waals surface area contributed by atoms with Gasteiger partial charge in [0, 0.05) is 25.6 Å². The molecule has 0 bridgehead atoms. The molecule has 160 valence electrons. The highest BCUT2D eigenvalue weighted by Crippen LogP contribution is 2.40. The number of amides is 1. The Kier molecular flexibility index (Phi) is 3.87. The Labute approximate surface area is 185 Å². The highest BCUT2D eigenvalue weighted by Gasteiger charge is 2.52. The molecule has 0 radical (unpaired) electrons. The Hall–Kier alpha value is -3.87. The molecule has 2 aromatic carbocycles. The summed E-state index contributed by atoms with van der Waals surface area (Å²) in [5.41, 5.74) is 6.75. The van der Waals surface area contributed by atoms with Crippen molar-refractivity contribution in [3.63, 3.8) is 0 Å². The van der Waals surface area contributed by atoms with Crippen LogP contribution in [-0.4, -0.2) is 43.1 Å². The molecule has 1 unspecified atom stereocenters. The molecule has 6 rings (SSSR count). The van der Waals surface area contributed by atoms with Crippen molar-refractivity contribution in [2.24, 2.45) is 0 Å². The first-order valence-electron chi connectivity index (χ1n) is 10.8. The van der Waals surface area contributed by atoms with E-state index in [0.717, 1.165) is 40.4 Å². The Morgan fingerprint density at radius 3 is 2.59 bits per heavy atom. The third-order valence-corrected chi connectivity index (χ3v) is 6.90. The molecular formula is C25H24N6O. The lowest BCUT2D eigenvalue weighted by molar-refractivity contribution is -0.125. The predicted octanol–water partition coefficient (Wildman–Crippen LogP) is 3.15. The van der Waals surface area contributed by atoms with Crippen LogP contribution < -0.4 is 5.32 Å². The van der Waals surface area contributed by atoms with Crippen molar-refractivity contribution in [3.8, 4) is 11.5 Å². The zero-order chi connectivity index (χ0) is 22.0. The van der Waals surface area contributed by atoms with Crippen molar-refractivity contribution < 1.29 is 4.79 Å². The Bertz CT molecular complexity index is 1350. The number of hydrogen-bond donors (Lipinski definition) is 2. The number of carbonyl (C=O) groups excluding carboxylic acids is 1. The molecule has 0 saturated carbocycles. The minimum Gasteiger partial charge on any atom is -0.346 e. The Morgan fingerprint density at radius 1 is 1.12 bits per heavy atom. The zero-order valence-electron chi connectivity index (χ0n) is 18.1. The number of carbonyl (C=O) groups is 1. The van der Waals surface area contributed by atoms with E-state index in [4.69, 9.17) is 10.1 Å². The van der Waals surface area contributed by atoms with Gasteiger partial charge in [0.25, 0.3) is 5.91 Å². The lowest BCUT2D eigenvalue weighted by Crippen LogP contribution is -2.47. The third kappa shape index (κ3) is 2.70. The number of hydrogen-bond acceptors (Lipinski definition) is 4. The summed E-state index contributed by atoms with van der Waals surface area (Å²) in [6.07, 6.45) is 1.32. The van der Waals surface area contributed by atoms with Crippen LogP contribution in [0.1, 0.15) is 22.4 Å². The number of imidazole rings is 1. The molecule has 1 spiro atoms. The fraction of sp³-hybridized carbons (Fsp3) is 0.240. The lowest BCUT2D eigenvalue weighted by atomic mass is 9.94. The van der Waals surface area contributed by atoms with Crippen LogP contribution in [0.3, 0.4) is 0 Å². The maximum absolute atomic E-state index is 12.7. The van der Waals surface area contributed by atoms with Crippen LogP contribution in [0, 0.1) is 6.92 Å².